The fourth-order valence-corrected chi connectivity index (χ4v) is 2.42. The minimum absolute atomic E-state index is 0.427. The molecule has 0 saturated heterocycles. The van der Waals surface area contributed by atoms with Crippen molar-refractivity contribution < 1.29 is 0 Å². The van der Waals surface area contributed by atoms with E-state index in [1.54, 1.807) is 0 Å². The van der Waals surface area contributed by atoms with E-state index in [0.29, 0.717) is 6.04 Å². The molecule has 1 unspecified atom stereocenters. The first-order valence-corrected chi connectivity index (χ1v) is 7.46. The first-order valence-electron chi connectivity index (χ1n) is 7.46. The van der Waals surface area contributed by atoms with E-state index in [1.165, 1.54) is 16.7 Å². The molecule has 1 atom stereocenters. The van der Waals surface area contributed by atoms with Crippen molar-refractivity contribution in [1.82, 2.24) is 15.1 Å². The molecule has 0 aliphatic carbocycles. The average molecular weight is 271 g/mol. The number of aryl methyl sites for hydroxylation is 3. The van der Waals surface area contributed by atoms with Crippen LogP contribution in [0.3, 0.4) is 0 Å². The Kier molecular flexibility index (Phi) is 5.36. The van der Waals surface area contributed by atoms with Crippen molar-refractivity contribution >= 4 is 0 Å². The molecular formula is C17H25N3. The Labute approximate surface area is 122 Å². The molecular weight excluding hydrogens is 246 g/mol. The molecule has 1 aromatic carbocycles. The van der Waals surface area contributed by atoms with Crippen LogP contribution in [0.4, 0.5) is 0 Å². The topological polar surface area (TPSA) is 29.9 Å². The van der Waals surface area contributed by atoms with Crippen molar-refractivity contribution in [3.05, 3.63) is 53.3 Å². The minimum atomic E-state index is 0.427. The maximum absolute atomic E-state index is 4.24. The van der Waals surface area contributed by atoms with E-state index in [-0.39, 0.29) is 0 Å². The highest BCUT2D eigenvalue weighted by Crippen LogP contribution is 2.19. The van der Waals surface area contributed by atoms with Crippen molar-refractivity contribution in [2.75, 3.05) is 6.54 Å². The molecule has 0 saturated carbocycles. The lowest BCUT2D eigenvalue weighted by Crippen LogP contribution is -2.22. The zero-order valence-electron chi connectivity index (χ0n) is 12.8. The molecule has 1 heterocycles. The SMILES string of the molecule is CCCNC(CCc1cnn(C)c1)c1ccc(C)cc1. The summed E-state index contributed by atoms with van der Waals surface area (Å²) < 4.78 is 1.87. The Balaban J connectivity index is 2.01. The molecule has 0 bridgehead atoms. The molecule has 1 aromatic heterocycles. The Hall–Kier alpha value is -1.61. The summed E-state index contributed by atoms with van der Waals surface area (Å²) in [6.45, 7) is 5.40. The summed E-state index contributed by atoms with van der Waals surface area (Å²) in [7, 11) is 1.97. The third kappa shape index (κ3) is 4.20. The Morgan fingerprint density at radius 2 is 2.00 bits per heavy atom. The fourth-order valence-electron chi connectivity index (χ4n) is 2.42. The number of rotatable bonds is 7. The van der Waals surface area contributed by atoms with Gasteiger partial charge in [-0.1, -0.05) is 36.8 Å². The molecule has 0 spiro atoms. The zero-order valence-corrected chi connectivity index (χ0v) is 12.8. The fraction of sp³-hybridized carbons (Fsp3) is 0.471. The van der Waals surface area contributed by atoms with Gasteiger partial charge in [0.15, 0.2) is 0 Å². The smallest absolute Gasteiger partial charge is 0.0521 e. The van der Waals surface area contributed by atoms with Crippen molar-refractivity contribution in [2.24, 2.45) is 7.05 Å². The number of aromatic nitrogens is 2. The number of hydrogen-bond acceptors (Lipinski definition) is 2. The number of hydrogen-bond donors (Lipinski definition) is 1. The maximum atomic E-state index is 4.24. The van der Waals surface area contributed by atoms with E-state index in [1.807, 2.05) is 17.9 Å². The van der Waals surface area contributed by atoms with Gasteiger partial charge in [0.05, 0.1) is 6.20 Å². The summed E-state index contributed by atoms with van der Waals surface area (Å²) in [5.74, 6) is 0. The van der Waals surface area contributed by atoms with Crippen LogP contribution in [-0.4, -0.2) is 16.3 Å². The van der Waals surface area contributed by atoms with Crippen molar-refractivity contribution in [3.8, 4) is 0 Å². The van der Waals surface area contributed by atoms with E-state index in [4.69, 9.17) is 0 Å². The van der Waals surface area contributed by atoms with Crippen LogP contribution < -0.4 is 5.32 Å². The van der Waals surface area contributed by atoms with Gasteiger partial charge in [0.1, 0.15) is 0 Å². The molecule has 0 radical (unpaired) electrons. The van der Waals surface area contributed by atoms with E-state index >= 15 is 0 Å². The largest absolute Gasteiger partial charge is 0.310 e. The molecule has 2 aromatic rings. The monoisotopic (exact) mass is 271 g/mol. The van der Waals surface area contributed by atoms with Crippen LogP contribution in [0.1, 0.15) is 42.5 Å². The number of nitrogens with one attached hydrogen (secondary N) is 1. The lowest BCUT2D eigenvalue weighted by atomic mass is 9.99. The van der Waals surface area contributed by atoms with Gasteiger partial charge in [-0.3, -0.25) is 4.68 Å². The molecule has 0 aliphatic heterocycles. The van der Waals surface area contributed by atoms with Gasteiger partial charge in [0.25, 0.3) is 0 Å². The van der Waals surface area contributed by atoms with Gasteiger partial charge in [-0.15, -0.1) is 0 Å². The molecule has 2 rings (SSSR count). The Morgan fingerprint density at radius 1 is 1.25 bits per heavy atom. The van der Waals surface area contributed by atoms with Gasteiger partial charge in [0.2, 0.25) is 0 Å². The average Bonchev–Trinajstić information content (AvgIpc) is 2.86. The normalized spacial score (nSPS) is 12.6. The van der Waals surface area contributed by atoms with E-state index in [0.717, 1.165) is 25.8 Å². The molecule has 3 nitrogen and oxygen atoms in total. The lowest BCUT2D eigenvalue weighted by molar-refractivity contribution is 0.499. The van der Waals surface area contributed by atoms with Gasteiger partial charge in [-0.25, -0.2) is 0 Å². The first-order chi connectivity index (χ1) is 9.69. The van der Waals surface area contributed by atoms with Crippen molar-refractivity contribution in [3.63, 3.8) is 0 Å². The molecule has 0 amide bonds. The summed E-state index contributed by atoms with van der Waals surface area (Å²) in [5, 5.41) is 7.89. The molecule has 0 fully saturated rings. The van der Waals surface area contributed by atoms with Crippen LogP contribution in [0.25, 0.3) is 0 Å². The Bertz CT molecular complexity index is 513. The van der Waals surface area contributed by atoms with Gasteiger partial charge in [-0.2, -0.15) is 5.10 Å². The van der Waals surface area contributed by atoms with Crippen LogP contribution in [0.5, 0.6) is 0 Å². The molecule has 3 heteroatoms. The van der Waals surface area contributed by atoms with Crippen LogP contribution in [0.15, 0.2) is 36.7 Å². The van der Waals surface area contributed by atoms with Gasteiger partial charge >= 0.3 is 0 Å². The number of nitrogens with zero attached hydrogens (tertiary/aromatic N) is 2. The number of benzene rings is 1. The zero-order chi connectivity index (χ0) is 14.4. The summed E-state index contributed by atoms with van der Waals surface area (Å²) in [6.07, 6.45) is 7.39. The van der Waals surface area contributed by atoms with Crippen LogP contribution in [0.2, 0.25) is 0 Å². The van der Waals surface area contributed by atoms with Crippen LogP contribution in [-0.2, 0) is 13.5 Å². The van der Waals surface area contributed by atoms with E-state index in [2.05, 4.69) is 54.7 Å². The predicted octanol–water partition coefficient (Wildman–Crippen LogP) is 3.40. The molecule has 108 valence electrons. The van der Waals surface area contributed by atoms with Crippen molar-refractivity contribution in [1.29, 1.82) is 0 Å². The Morgan fingerprint density at radius 3 is 2.60 bits per heavy atom. The quantitative estimate of drug-likeness (QED) is 0.836. The molecule has 20 heavy (non-hydrogen) atoms. The third-order valence-electron chi connectivity index (χ3n) is 3.60. The van der Waals surface area contributed by atoms with Gasteiger partial charge in [0, 0.05) is 19.3 Å². The predicted molar refractivity (Wildman–Crippen MR) is 83.7 cm³/mol. The molecule has 1 N–H and O–H groups in total. The first kappa shape index (κ1) is 14.8. The summed E-state index contributed by atoms with van der Waals surface area (Å²) in [5.41, 5.74) is 4.01. The minimum Gasteiger partial charge on any atom is -0.310 e. The van der Waals surface area contributed by atoms with Crippen LogP contribution in [0, 0.1) is 6.92 Å². The highest BCUT2D eigenvalue weighted by Gasteiger charge is 2.11. The summed E-state index contributed by atoms with van der Waals surface area (Å²) >= 11 is 0. The van der Waals surface area contributed by atoms with Crippen LogP contribution >= 0.6 is 0 Å². The van der Waals surface area contributed by atoms with Crippen molar-refractivity contribution in [2.45, 2.75) is 39.2 Å². The maximum Gasteiger partial charge on any atom is 0.0521 e. The van der Waals surface area contributed by atoms with Gasteiger partial charge < -0.3 is 5.32 Å². The van der Waals surface area contributed by atoms with E-state index < -0.39 is 0 Å². The molecule has 0 aliphatic rings. The second kappa shape index (κ2) is 7.25. The lowest BCUT2D eigenvalue weighted by Gasteiger charge is -2.19. The highest BCUT2D eigenvalue weighted by atomic mass is 15.2. The second-order valence-corrected chi connectivity index (χ2v) is 5.48. The van der Waals surface area contributed by atoms with Gasteiger partial charge in [-0.05, 0) is 43.9 Å². The summed E-state index contributed by atoms with van der Waals surface area (Å²) in [6, 6.07) is 9.30. The van der Waals surface area contributed by atoms with E-state index in [9.17, 15) is 0 Å². The second-order valence-electron chi connectivity index (χ2n) is 5.48. The third-order valence-corrected chi connectivity index (χ3v) is 3.60. The highest BCUT2D eigenvalue weighted by molar-refractivity contribution is 5.24. The summed E-state index contributed by atoms with van der Waals surface area (Å²) in [4.78, 5) is 0. The standard InChI is InChI=1S/C17H25N3/c1-4-11-18-17(16-8-5-14(2)6-9-16)10-7-15-12-19-20(3)13-15/h5-6,8-9,12-13,17-18H,4,7,10-11H2,1-3H3.